The molecule has 2 fully saturated rings. The van der Waals surface area contributed by atoms with E-state index >= 15 is 0 Å². The number of likely N-dealkylation sites (tertiary alicyclic amines) is 1. The summed E-state index contributed by atoms with van der Waals surface area (Å²) in [5.41, 5.74) is 3.06. The number of fused-ring (bicyclic) bond motifs is 1. The molecule has 1 aromatic heterocycles. The lowest BCUT2D eigenvalue weighted by Gasteiger charge is -2.33. The monoisotopic (exact) mass is 330 g/mol. The van der Waals surface area contributed by atoms with Crippen LogP contribution in [0.5, 0.6) is 0 Å². The fourth-order valence-electron chi connectivity index (χ4n) is 4.41. The molecule has 1 spiro atoms. The van der Waals surface area contributed by atoms with E-state index in [-0.39, 0.29) is 23.3 Å². The predicted molar refractivity (Wildman–Crippen MR) is 89.6 cm³/mol. The SMILES string of the molecule is CCCC(=O)N1CCC2(CC1)CC2NC(=O)c1n[nH]c2c1CCC2. The van der Waals surface area contributed by atoms with Crippen LogP contribution in [0.25, 0.3) is 0 Å². The highest BCUT2D eigenvalue weighted by Gasteiger charge is 2.56. The van der Waals surface area contributed by atoms with Gasteiger partial charge >= 0.3 is 0 Å². The molecule has 3 aliphatic rings. The Hall–Kier alpha value is -1.85. The van der Waals surface area contributed by atoms with Gasteiger partial charge < -0.3 is 10.2 Å². The Balaban J connectivity index is 1.32. The van der Waals surface area contributed by atoms with Gasteiger partial charge in [-0.25, -0.2) is 0 Å². The molecule has 2 N–H and O–H groups in total. The number of amides is 2. The molecule has 1 aliphatic heterocycles. The Labute approximate surface area is 142 Å². The Morgan fingerprint density at radius 3 is 2.88 bits per heavy atom. The molecule has 0 bridgehead atoms. The van der Waals surface area contributed by atoms with Gasteiger partial charge in [0.05, 0.1) is 0 Å². The summed E-state index contributed by atoms with van der Waals surface area (Å²) < 4.78 is 0. The first kappa shape index (κ1) is 15.7. The lowest BCUT2D eigenvalue weighted by Crippen LogP contribution is -2.41. The summed E-state index contributed by atoms with van der Waals surface area (Å²) in [6, 6.07) is 0.252. The lowest BCUT2D eigenvalue weighted by atomic mass is 9.92. The molecule has 1 unspecified atom stereocenters. The van der Waals surface area contributed by atoms with Crippen LogP contribution in [-0.2, 0) is 17.6 Å². The van der Waals surface area contributed by atoms with Gasteiger partial charge in [-0.15, -0.1) is 0 Å². The molecule has 2 aliphatic carbocycles. The maximum atomic E-state index is 12.5. The number of aromatic nitrogens is 2. The van der Waals surface area contributed by atoms with Crippen LogP contribution in [0.15, 0.2) is 0 Å². The minimum atomic E-state index is -0.0271. The molecule has 130 valence electrons. The van der Waals surface area contributed by atoms with Gasteiger partial charge in [0.15, 0.2) is 5.69 Å². The first-order valence-corrected chi connectivity index (χ1v) is 9.28. The van der Waals surface area contributed by atoms with E-state index in [1.807, 2.05) is 11.8 Å². The van der Waals surface area contributed by atoms with E-state index in [1.165, 1.54) is 0 Å². The number of hydrogen-bond donors (Lipinski definition) is 2. The van der Waals surface area contributed by atoms with Crippen molar-refractivity contribution in [3.63, 3.8) is 0 Å². The van der Waals surface area contributed by atoms with Crippen LogP contribution in [0.3, 0.4) is 0 Å². The Bertz CT molecular complexity index is 658. The van der Waals surface area contributed by atoms with Gasteiger partial charge in [0.1, 0.15) is 0 Å². The smallest absolute Gasteiger partial charge is 0.272 e. The molecule has 6 nitrogen and oxygen atoms in total. The van der Waals surface area contributed by atoms with Crippen LogP contribution in [-0.4, -0.2) is 46.0 Å². The number of nitrogens with one attached hydrogen (secondary N) is 2. The van der Waals surface area contributed by atoms with Gasteiger partial charge in [-0.05, 0) is 50.4 Å². The number of H-pyrrole nitrogens is 1. The van der Waals surface area contributed by atoms with Crippen LogP contribution in [0, 0.1) is 5.41 Å². The number of carbonyl (C=O) groups excluding carboxylic acids is 2. The summed E-state index contributed by atoms with van der Waals surface area (Å²) in [6.07, 6.45) is 7.69. The lowest BCUT2D eigenvalue weighted by molar-refractivity contribution is -0.132. The predicted octanol–water partition coefficient (Wildman–Crippen LogP) is 1.81. The Morgan fingerprint density at radius 2 is 2.12 bits per heavy atom. The number of hydrogen-bond acceptors (Lipinski definition) is 3. The number of aryl methyl sites for hydroxylation is 1. The molecule has 2 amide bonds. The molecule has 0 radical (unpaired) electrons. The van der Waals surface area contributed by atoms with Crippen molar-refractivity contribution in [2.75, 3.05) is 13.1 Å². The van der Waals surface area contributed by atoms with Crippen molar-refractivity contribution in [2.24, 2.45) is 5.41 Å². The minimum Gasteiger partial charge on any atom is -0.347 e. The van der Waals surface area contributed by atoms with E-state index in [1.54, 1.807) is 0 Å². The second kappa shape index (κ2) is 5.90. The summed E-state index contributed by atoms with van der Waals surface area (Å²) in [7, 11) is 0. The molecular weight excluding hydrogens is 304 g/mol. The second-order valence-electron chi connectivity index (χ2n) is 7.61. The third kappa shape index (κ3) is 2.62. The zero-order valence-corrected chi connectivity index (χ0v) is 14.4. The third-order valence-electron chi connectivity index (χ3n) is 6.09. The number of carbonyl (C=O) groups is 2. The zero-order chi connectivity index (χ0) is 16.7. The van der Waals surface area contributed by atoms with Crippen molar-refractivity contribution in [3.8, 4) is 0 Å². The zero-order valence-electron chi connectivity index (χ0n) is 14.4. The molecule has 1 atom stereocenters. The van der Waals surface area contributed by atoms with Crippen molar-refractivity contribution in [1.29, 1.82) is 0 Å². The molecule has 4 rings (SSSR count). The van der Waals surface area contributed by atoms with E-state index in [2.05, 4.69) is 15.5 Å². The van der Waals surface area contributed by atoms with E-state index in [0.29, 0.717) is 12.1 Å². The van der Waals surface area contributed by atoms with Crippen molar-refractivity contribution in [2.45, 2.75) is 64.3 Å². The molecule has 2 heterocycles. The van der Waals surface area contributed by atoms with Gasteiger partial charge in [-0.3, -0.25) is 14.7 Å². The van der Waals surface area contributed by atoms with Crippen LogP contribution in [0.2, 0.25) is 0 Å². The van der Waals surface area contributed by atoms with Crippen molar-refractivity contribution in [3.05, 3.63) is 17.0 Å². The molecule has 1 saturated heterocycles. The number of piperidine rings is 1. The first-order chi connectivity index (χ1) is 11.6. The van der Waals surface area contributed by atoms with E-state index in [4.69, 9.17) is 0 Å². The highest BCUT2D eigenvalue weighted by atomic mass is 16.2. The van der Waals surface area contributed by atoms with Gasteiger partial charge in [0, 0.05) is 36.8 Å². The second-order valence-corrected chi connectivity index (χ2v) is 7.61. The Kier molecular flexibility index (Phi) is 3.85. The van der Waals surface area contributed by atoms with Gasteiger partial charge in [0.2, 0.25) is 5.91 Å². The molecule has 1 aromatic rings. The standard InChI is InChI=1S/C18H26N4O2/c1-2-4-15(23)22-9-7-18(8-10-22)11-14(18)19-17(24)16-12-5-3-6-13(12)20-21-16/h14H,2-11H2,1H3,(H,19,24)(H,20,21). The van der Waals surface area contributed by atoms with Crippen LogP contribution in [0.4, 0.5) is 0 Å². The summed E-state index contributed by atoms with van der Waals surface area (Å²) in [5, 5.41) is 10.4. The summed E-state index contributed by atoms with van der Waals surface area (Å²) in [4.78, 5) is 26.5. The first-order valence-electron chi connectivity index (χ1n) is 9.28. The molecule has 6 heteroatoms. The Morgan fingerprint density at radius 1 is 1.33 bits per heavy atom. The van der Waals surface area contributed by atoms with E-state index in [9.17, 15) is 9.59 Å². The molecule has 0 aromatic carbocycles. The number of aromatic amines is 1. The third-order valence-corrected chi connectivity index (χ3v) is 6.09. The summed E-state index contributed by atoms with van der Waals surface area (Å²) in [6.45, 7) is 3.72. The average Bonchev–Trinajstić information content (AvgIpc) is 2.93. The van der Waals surface area contributed by atoms with Crippen LogP contribution >= 0.6 is 0 Å². The topological polar surface area (TPSA) is 78.1 Å². The summed E-state index contributed by atoms with van der Waals surface area (Å²) in [5.74, 6) is 0.251. The van der Waals surface area contributed by atoms with Crippen molar-refractivity contribution in [1.82, 2.24) is 20.4 Å². The van der Waals surface area contributed by atoms with Gasteiger partial charge in [-0.1, -0.05) is 6.92 Å². The fraction of sp³-hybridized carbons (Fsp3) is 0.722. The quantitative estimate of drug-likeness (QED) is 0.884. The minimum absolute atomic E-state index is 0.0271. The highest BCUT2D eigenvalue weighted by Crippen LogP contribution is 2.54. The summed E-state index contributed by atoms with van der Waals surface area (Å²) >= 11 is 0. The number of rotatable bonds is 4. The van der Waals surface area contributed by atoms with Gasteiger partial charge in [-0.2, -0.15) is 5.10 Å². The molecular formula is C18H26N4O2. The fourth-order valence-corrected chi connectivity index (χ4v) is 4.41. The van der Waals surface area contributed by atoms with Gasteiger partial charge in [0.25, 0.3) is 5.91 Å². The van der Waals surface area contributed by atoms with Crippen molar-refractivity contribution >= 4 is 11.8 Å². The molecule has 24 heavy (non-hydrogen) atoms. The molecule has 1 saturated carbocycles. The maximum absolute atomic E-state index is 12.5. The number of nitrogens with zero attached hydrogens (tertiary/aromatic N) is 2. The van der Waals surface area contributed by atoms with E-state index < -0.39 is 0 Å². The highest BCUT2D eigenvalue weighted by molar-refractivity contribution is 5.94. The normalized spacial score (nSPS) is 24.0. The average molecular weight is 330 g/mol. The van der Waals surface area contributed by atoms with Crippen LogP contribution in [0.1, 0.15) is 67.2 Å². The van der Waals surface area contributed by atoms with Crippen LogP contribution < -0.4 is 5.32 Å². The largest absolute Gasteiger partial charge is 0.347 e. The maximum Gasteiger partial charge on any atom is 0.272 e. The van der Waals surface area contributed by atoms with E-state index in [0.717, 1.165) is 69.3 Å². The van der Waals surface area contributed by atoms with Crippen molar-refractivity contribution < 1.29 is 9.59 Å².